The lowest BCUT2D eigenvalue weighted by Crippen LogP contribution is -2.48. The number of alkyl carbamates (subject to hydrolysis) is 1. The summed E-state index contributed by atoms with van der Waals surface area (Å²) >= 11 is 0. The number of rotatable bonds is 5. The van der Waals surface area contributed by atoms with Crippen LogP contribution in [0.15, 0.2) is 48.7 Å². The highest BCUT2D eigenvalue weighted by molar-refractivity contribution is 5.76. The molecule has 192 valence electrons. The number of nitrogens with zero attached hydrogens (tertiary/aromatic N) is 2. The van der Waals surface area contributed by atoms with Gasteiger partial charge in [-0.15, -0.1) is 0 Å². The van der Waals surface area contributed by atoms with Crippen molar-refractivity contribution < 1.29 is 19.1 Å². The fourth-order valence-corrected chi connectivity index (χ4v) is 6.79. The summed E-state index contributed by atoms with van der Waals surface area (Å²) in [4.78, 5) is 29.3. The highest BCUT2D eigenvalue weighted by Gasteiger charge is 2.54. The standard InChI is InChI=1S/C30H33N3O4/c1-3-36-30(35)33-23-11-12-25-21(14-23)15-27-28(18(2)37-29(27)34)26(25)13-10-22-9-8-20(17-32-22)24-7-5-4-6-19(24)16-31/h4-10,13,17-18,21,23,25-28H,3,11-12,14-15H2,1-2H3,(H,33,35)/b13-10+/t18-,21?,23-,25?,26?,27?,28?/m1/s1. The van der Waals surface area contributed by atoms with Crippen LogP contribution >= 0.6 is 0 Å². The van der Waals surface area contributed by atoms with Crippen molar-refractivity contribution in [2.45, 2.75) is 51.7 Å². The fraction of sp³-hybridized carbons (Fsp3) is 0.467. The minimum Gasteiger partial charge on any atom is -0.462 e. The van der Waals surface area contributed by atoms with Crippen LogP contribution in [-0.4, -0.2) is 35.8 Å². The lowest BCUT2D eigenvalue weighted by atomic mass is 9.57. The van der Waals surface area contributed by atoms with E-state index in [4.69, 9.17) is 9.47 Å². The third-order valence-electron chi connectivity index (χ3n) is 8.38. The molecule has 2 aromatic rings. The second kappa shape index (κ2) is 10.8. The highest BCUT2D eigenvalue weighted by Crippen LogP contribution is 2.53. The van der Waals surface area contributed by atoms with Crippen LogP contribution in [0.25, 0.3) is 17.2 Å². The van der Waals surface area contributed by atoms with Crippen LogP contribution in [0, 0.1) is 40.9 Å². The number of cyclic esters (lactones) is 1. The summed E-state index contributed by atoms with van der Waals surface area (Å²) in [7, 11) is 0. The number of benzene rings is 1. The summed E-state index contributed by atoms with van der Waals surface area (Å²) in [6.45, 7) is 4.16. The maximum absolute atomic E-state index is 12.7. The van der Waals surface area contributed by atoms with Crippen LogP contribution < -0.4 is 5.32 Å². The molecule has 2 heterocycles. The van der Waals surface area contributed by atoms with E-state index < -0.39 is 0 Å². The summed E-state index contributed by atoms with van der Waals surface area (Å²) in [5, 5.41) is 12.4. The van der Waals surface area contributed by atoms with E-state index in [1.54, 1.807) is 13.1 Å². The topological polar surface area (TPSA) is 101 Å². The van der Waals surface area contributed by atoms with Gasteiger partial charge in [0.15, 0.2) is 0 Å². The van der Waals surface area contributed by atoms with E-state index >= 15 is 0 Å². The molecule has 0 bridgehead atoms. The Labute approximate surface area is 217 Å². The SMILES string of the molecule is CCOC(=O)N[C@@H]1CCC2C(CC3C(=O)O[C@H](C)C3C2/C=C/c2ccc(-c3ccccc3C#N)cn2)C1. The predicted molar refractivity (Wildman–Crippen MR) is 139 cm³/mol. The van der Waals surface area contributed by atoms with Gasteiger partial charge < -0.3 is 14.8 Å². The van der Waals surface area contributed by atoms with Crippen LogP contribution in [-0.2, 0) is 14.3 Å². The van der Waals surface area contributed by atoms with Crippen LogP contribution in [0.2, 0.25) is 0 Å². The number of carbonyl (C=O) groups is 2. The van der Waals surface area contributed by atoms with Crippen LogP contribution in [0.3, 0.4) is 0 Å². The molecule has 5 rings (SSSR count). The Kier molecular flexibility index (Phi) is 7.27. The zero-order valence-corrected chi connectivity index (χ0v) is 21.3. The number of nitriles is 1. The lowest BCUT2D eigenvalue weighted by molar-refractivity contribution is -0.144. The van der Waals surface area contributed by atoms with E-state index in [1.807, 2.05) is 43.3 Å². The van der Waals surface area contributed by atoms with E-state index in [0.29, 0.717) is 24.0 Å². The van der Waals surface area contributed by atoms with Crippen molar-refractivity contribution in [3.05, 3.63) is 59.9 Å². The molecule has 37 heavy (non-hydrogen) atoms. The van der Waals surface area contributed by atoms with E-state index in [0.717, 1.165) is 42.5 Å². The number of aromatic nitrogens is 1. The molecule has 2 saturated carbocycles. The first kappa shape index (κ1) is 25.0. The number of fused-ring (bicyclic) bond motifs is 2. The van der Waals surface area contributed by atoms with E-state index in [-0.39, 0.29) is 42.0 Å². The fourth-order valence-electron chi connectivity index (χ4n) is 6.79. The summed E-state index contributed by atoms with van der Waals surface area (Å²) in [6.07, 6.45) is 9.17. The minimum atomic E-state index is -0.364. The van der Waals surface area contributed by atoms with Crippen LogP contribution in [0.1, 0.15) is 50.8 Å². The van der Waals surface area contributed by atoms with Crippen molar-refractivity contribution in [2.75, 3.05) is 6.61 Å². The van der Waals surface area contributed by atoms with Gasteiger partial charge in [0.1, 0.15) is 6.10 Å². The van der Waals surface area contributed by atoms with Crippen molar-refractivity contribution in [1.82, 2.24) is 10.3 Å². The summed E-state index contributed by atoms with van der Waals surface area (Å²) < 4.78 is 10.8. The van der Waals surface area contributed by atoms with Gasteiger partial charge in [0.25, 0.3) is 0 Å². The quantitative estimate of drug-likeness (QED) is 0.556. The summed E-state index contributed by atoms with van der Waals surface area (Å²) in [5.41, 5.74) is 3.24. The van der Waals surface area contributed by atoms with Crippen LogP contribution in [0.4, 0.5) is 4.79 Å². The van der Waals surface area contributed by atoms with Crippen molar-refractivity contribution >= 4 is 18.1 Å². The summed E-state index contributed by atoms with van der Waals surface area (Å²) in [5.74, 6) is 0.929. The van der Waals surface area contributed by atoms with Crippen molar-refractivity contribution in [2.24, 2.45) is 29.6 Å². The van der Waals surface area contributed by atoms with Gasteiger partial charge in [-0.3, -0.25) is 9.78 Å². The number of nitrogens with one attached hydrogen (secondary N) is 1. The zero-order valence-electron chi connectivity index (χ0n) is 21.3. The zero-order chi connectivity index (χ0) is 25.9. The molecule has 1 saturated heterocycles. The van der Waals surface area contributed by atoms with Crippen molar-refractivity contribution in [3.63, 3.8) is 0 Å². The Hall–Kier alpha value is -3.66. The average Bonchev–Trinajstić information content (AvgIpc) is 3.19. The number of ether oxygens (including phenoxy) is 2. The molecule has 0 radical (unpaired) electrons. The Balaban J connectivity index is 1.35. The number of hydrogen-bond donors (Lipinski definition) is 1. The number of amides is 1. The molecule has 0 spiro atoms. The van der Waals surface area contributed by atoms with E-state index in [2.05, 4.69) is 28.5 Å². The third kappa shape index (κ3) is 5.11. The van der Waals surface area contributed by atoms with Gasteiger partial charge in [0.2, 0.25) is 0 Å². The first-order chi connectivity index (χ1) is 18.0. The molecule has 3 aliphatic rings. The summed E-state index contributed by atoms with van der Waals surface area (Å²) in [6, 6.07) is 13.8. The predicted octanol–water partition coefficient (Wildman–Crippen LogP) is 5.36. The molecule has 3 fully saturated rings. The molecule has 7 heteroatoms. The maximum atomic E-state index is 12.7. The molecule has 1 N–H and O–H groups in total. The Bertz CT molecular complexity index is 1220. The lowest BCUT2D eigenvalue weighted by Gasteiger charge is -2.47. The normalized spacial score (nSPS) is 30.6. The molecule has 5 unspecified atom stereocenters. The van der Waals surface area contributed by atoms with Gasteiger partial charge in [0.05, 0.1) is 29.9 Å². The molecule has 1 aromatic carbocycles. The molecular weight excluding hydrogens is 466 g/mol. The first-order valence-electron chi connectivity index (χ1n) is 13.3. The second-order valence-electron chi connectivity index (χ2n) is 10.4. The monoisotopic (exact) mass is 499 g/mol. The molecule has 2 aliphatic carbocycles. The van der Waals surface area contributed by atoms with Crippen molar-refractivity contribution in [3.8, 4) is 17.2 Å². The largest absolute Gasteiger partial charge is 0.462 e. The molecule has 1 amide bonds. The minimum absolute atomic E-state index is 0.0711. The van der Waals surface area contributed by atoms with Gasteiger partial charge >= 0.3 is 12.1 Å². The Morgan fingerprint density at radius 2 is 2.08 bits per heavy atom. The number of carbonyl (C=O) groups excluding carboxylic acids is 2. The number of pyridine rings is 1. The van der Waals surface area contributed by atoms with Gasteiger partial charge in [-0.25, -0.2) is 4.79 Å². The molecule has 1 aromatic heterocycles. The second-order valence-corrected chi connectivity index (χ2v) is 10.4. The highest BCUT2D eigenvalue weighted by atomic mass is 16.6. The molecular formula is C30H33N3O4. The Morgan fingerprint density at radius 1 is 1.24 bits per heavy atom. The van der Waals surface area contributed by atoms with Gasteiger partial charge in [-0.2, -0.15) is 5.26 Å². The van der Waals surface area contributed by atoms with Crippen LogP contribution in [0.5, 0.6) is 0 Å². The average molecular weight is 500 g/mol. The third-order valence-corrected chi connectivity index (χ3v) is 8.38. The first-order valence-corrected chi connectivity index (χ1v) is 13.3. The number of allylic oxidation sites excluding steroid dienone is 1. The number of hydrogen-bond acceptors (Lipinski definition) is 6. The Morgan fingerprint density at radius 3 is 2.84 bits per heavy atom. The van der Waals surface area contributed by atoms with Crippen molar-refractivity contribution in [1.29, 1.82) is 5.26 Å². The van der Waals surface area contributed by atoms with Gasteiger partial charge in [0, 0.05) is 29.3 Å². The maximum Gasteiger partial charge on any atom is 0.407 e. The number of esters is 1. The van der Waals surface area contributed by atoms with E-state index in [1.165, 1.54) is 0 Å². The van der Waals surface area contributed by atoms with E-state index in [9.17, 15) is 14.9 Å². The smallest absolute Gasteiger partial charge is 0.407 e. The molecule has 7 atom stereocenters. The molecule has 7 nitrogen and oxygen atoms in total. The van der Waals surface area contributed by atoms with Gasteiger partial charge in [-0.1, -0.05) is 30.3 Å². The van der Waals surface area contributed by atoms with Gasteiger partial charge in [-0.05, 0) is 75.5 Å². The molecule has 1 aliphatic heterocycles.